The predicted molar refractivity (Wildman–Crippen MR) is 80.5 cm³/mol. The largest absolute Gasteiger partial charge is 0.356 e. The molecule has 2 heterocycles. The SMILES string of the molecule is O=Cc1[nH]c2c(c1CCCN1CCNCC1)CCCC2. The zero-order valence-corrected chi connectivity index (χ0v) is 12.2. The van der Waals surface area contributed by atoms with Crippen LogP contribution in [0.3, 0.4) is 0 Å². The van der Waals surface area contributed by atoms with E-state index < -0.39 is 0 Å². The molecule has 0 aromatic carbocycles. The lowest BCUT2D eigenvalue weighted by atomic mass is 9.92. The summed E-state index contributed by atoms with van der Waals surface area (Å²) in [5.74, 6) is 0. The van der Waals surface area contributed by atoms with Crippen LogP contribution in [-0.2, 0) is 19.3 Å². The highest BCUT2D eigenvalue weighted by molar-refractivity contribution is 5.76. The highest BCUT2D eigenvalue weighted by Crippen LogP contribution is 2.27. The Hall–Kier alpha value is -1.13. The molecule has 1 aromatic rings. The van der Waals surface area contributed by atoms with Gasteiger partial charge in [-0.3, -0.25) is 4.79 Å². The van der Waals surface area contributed by atoms with Crippen LogP contribution in [0.15, 0.2) is 0 Å². The summed E-state index contributed by atoms with van der Waals surface area (Å²) in [7, 11) is 0. The van der Waals surface area contributed by atoms with Crippen LogP contribution >= 0.6 is 0 Å². The first-order valence-corrected chi connectivity index (χ1v) is 7.99. The average molecular weight is 275 g/mol. The second kappa shape index (κ2) is 6.55. The summed E-state index contributed by atoms with van der Waals surface area (Å²) in [6.45, 7) is 5.69. The maximum atomic E-state index is 11.3. The third-order valence-electron chi connectivity index (χ3n) is 4.67. The van der Waals surface area contributed by atoms with E-state index in [2.05, 4.69) is 15.2 Å². The minimum absolute atomic E-state index is 0.845. The van der Waals surface area contributed by atoms with Gasteiger partial charge in [-0.2, -0.15) is 0 Å². The van der Waals surface area contributed by atoms with Crippen LogP contribution in [0.2, 0.25) is 0 Å². The lowest BCUT2D eigenvalue weighted by molar-refractivity contribution is 0.111. The Morgan fingerprint density at radius 1 is 1.15 bits per heavy atom. The summed E-state index contributed by atoms with van der Waals surface area (Å²) in [4.78, 5) is 17.1. The zero-order valence-electron chi connectivity index (χ0n) is 12.2. The fourth-order valence-electron chi connectivity index (χ4n) is 3.58. The van der Waals surface area contributed by atoms with Crippen molar-refractivity contribution in [1.29, 1.82) is 0 Å². The van der Waals surface area contributed by atoms with Crippen molar-refractivity contribution in [1.82, 2.24) is 15.2 Å². The maximum Gasteiger partial charge on any atom is 0.166 e. The lowest BCUT2D eigenvalue weighted by Crippen LogP contribution is -2.43. The quantitative estimate of drug-likeness (QED) is 0.802. The second-order valence-electron chi connectivity index (χ2n) is 5.99. The number of nitrogens with one attached hydrogen (secondary N) is 2. The van der Waals surface area contributed by atoms with Crippen LogP contribution in [0.25, 0.3) is 0 Å². The van der Waals surface area contributed by atoms with Gasteiger partial charge in [0.05, 0.1) is 5.69 Å². The molecule has 0 radical (unpaired) electrons. The molecule has 20 heavy (non-hydrogen) atoms. The van der Waals surface area contributed by atoms with Crippen LogP contribution in [0.1, 0.15) is 46.6 Å². The summed E-state index contributed by atoms with van der Waals surface area (Å²) in [5.41, 5.74) is 4.94. The van der Waals surface area contributed by atoms with E-state index in [1.165, 1.54) is 29.7 Å². The molecule has 0 unspecified atom stereocenters. The number of carbonyl (C=O) groups is 1. The summed E-state index contributed by atoms with van der Waals surface area (Å²) in [6.07, 6.45) is 8.02. The van der Waals surface area contributed by atoms with E-state index in [-0.39, 0.29) is 0 Å². The third-order valence-corrected chi connectivity index (χ3v) is 4.67. The van der Waals surface area contributed by atoms with Crippen LogP contribution < -0.4 is 5.32 Å². The Bertz CT molecular complexity index is 461. The second-order valence-corrected chi connectivity index (χ2v) is 5.99. The molecular formula is C16H25N3O. The number of H-pyrrole nitrogens is 1. The van der Waals surface area contributed by atoms with Crippen LogP contribution in [-0.4, -0.2) is 48.9 Å². The Morgan fingerprint density at radius 3 is 2.75 bits per heavy atom. The van der Waals surface area contributed by atoms with Crippen molar-refractivity contribution < 1.29 is 4.79 Å². The standard InChI is InChI=1S/C16H25N3O/c20-12-16-14(13-4-1-2-6-15(13)18-16)5-3-9-19-10-7-17-8-11-19/h12,17-18H,1-11H2. The van der Waals surface area contributed by atoms with Crippen molar-refractivity contribution in [3.8, 4) is 0 Å². The van der Waals surface area contributed by atoms with Gasteiger partial charge in [-0.25, -0.2) is 0 Å². The number of nitrogens with zero attached hydrogens (tertiary/aromatic N) is 1. The normalized spacial score (nSPS) is 19.8. The molecule has 0 atom stereocenters. The minimum Gasteiger partial charge on any atom is -0.356 e. The first-order chi connectivity index (χ1) is 9.88. The number of hydrogen-bond acceptors (Lipinski definition) is 3. The Kier molecular flexibility index (Phi) is 4.53. The molecule has 1 aliphatic heterocycles. The van der Waals surface area contributed by atoms with Crippen molar-refractivity contribution in [2.45, 2.75) is 38.5 Å². The Balaban J connectivity index is 1.61. The van der Waals surface area contributed by atoms with Crippen LogP contribution in [0.4, 0.5) is 0 Å². The van der Waals surface area contributed by atoms with Gasteiger partial charge in [0.15, 0.2) is 6.29 Å². The van der Waals surface area contributed by atoms with Crippen LogP contribution in [0, 0.1) is 0 Å². The number of aromatic nitrogens is 1. The van der Waals surface area contributed by atoms with Crippen LogP contribution in [0.5, 0.6) is 0 Å². The van der Waals surface area contributed by atoms with Gasteiger partial charge < -0.3 is 15.2 Å². The van der Waals surface area contributed by atoms with Crippen molar-refractivity contribution >= 4 is 6.29 Å². The molecule has 2 aliphatic rings. The molecule has 110 valence electrons. The minimum atomic E-state index is 0.845. The highest BCUT2D eigenvalue weighted by atomic mass is 16.1. The number of aryl methyl sites for hydroxylation is 1. The summed E-state index contributed by atoms with van der Waals surface area (Å²) in [5, 5.41) is 3.38. The van der Waals surface area contributed by atoms with Gasteiger partial charge in [0.1, 0.15) is 0 Å². The number of aromatic amines is 1. The molecular weight excluding hydrogens is 250 g/mol. The van der Waals surface area contributed by atoms with Gasteiger partial charge >= 0.3 is 0 Å². The molecule has 0 spiro atoms. The molecule has 1 aliphatic carbocycles. The molecule has 4 heteroatoms. The van der Waals surface area contributed by atoms with Crippen molar-refractivity contribution in [2.24, 2.45) is 0 Å². The summed E-state index contributed by atoms with van der Waals surface area (Å²) < 4.78 is 0. The van der Waals surface area contributed by atoms with E-state index >= 15 is 0 Å². The maximum absolute atomic E-state index is 11.3. The zero-order chi connectivity index (χ0) is 13.8. The monoisotopic (exact) mass is 275 g/mol. The number of carbonyl (C=O) groups excluding carboxylic acids is 1. The van der Waals surface area contributed by atoms with E-state index in [0.29, 0.717) is 0 Å². The van der Waals surface area contributed by atoms with E-state index in [4.69, 9.17) is 0 Å². The van der Waals surface area contributed by atoms with Gasteiger partial charge in [0, 0.05) is 31.9 Å². The fourth-order valence-corrected chi connectivity index (χ4v) is 3.58. The molecule has 1 aromatic heterocycles. The van der Waals surface area contributed by atoms with Gasteiger partial charge in [-0.05, 0) is 56.2 Å². The first-order valence-electron chi connectivity index (χ1n) is 7.99. The molecule has 0 saturated carbocycles. The summed E-state index contributed by atoms with van der Waals surface area (Å²) >= 11 is 0. The highest BCUT2D eigenvalue weighted by Gasteiger charge is 2.19. The van der Waals surface area contributed by atoms with Crippen molar-refractivity contribution in [2.75, 3.05) is 32.7 Å². The van der Waals surface area contributed by atoms with Crippen molar-refractivity contribution in [3.63, 3.8) is 0 Å². The molecule has 1 saturated heterocycles. The van der Waals surface area contributed by atoms with Gasteiger partial charge in [-0.1, -0.05) is 0 Å². The third kappa shape index (κ3) is 2.96. The molecule has 4 nitrogen and oxygen atoms in total. The topological polar surface area (TPSA) is 48.1 Å². The van der Waals surface area contributed by atoms with E-state index in [0.717, 1.165) is 70.4 Å². The van der Waals surface area contributed by atoms with Crippen molar-refractivity contribution in [3.05, 3.63) is 22.5 Å². The molecule has 3 rings (SSSR count). The number of hydrogen-bond donors (Lipinski definition) is 2. The number of rotatable bonds is 5. The molecule has 1 fully saturated rings. The predicted octanol–water partition coefficient (Wildman–Crippen LogP) is 1.54. The Morgan fingerprint density at radius 2 is 1.95 bits per heavy atom. The fraction of sp³-hybridized carbons (Fsp3) is 0.688. The molecule has 2 N–H and O–H groups in total. The number of aldehydes is 1. The number of piperazine rings is 1. The smallest absolute Gasteiger partial charge is 0.166 e. The number of fused-ring (bicyclic) bond motifs is 1. The average Bonchev–Trinajstić information content (AvgIpc) is 2.87. The molecule has 0 bridgehead atoms. The molecule has 0 amide bonds. The van der Waals surface area contributed by atoms with E-state index in [9.17, 15) is 4.79 Å². The first kappa shape index (κ1) is 13.8. The van der Waals surface area contributed by atoms with Gasteiger partial charge in [0.25, 0.3) is 0 Å². The van der Waals surface area contributed by atoms with Gasteiger partial charge in [-0.15, -0.1) is 0 Å². The lowest BCUT2D eigenvalue weighted by Gasteiger charge is -2.27. The van der Waals surface area contributed by atoms with E-state index in [1.807, 2.05) is 0 Å². The summed E-state index contributed by atoms with van der Waals surface area (Å²) in [6, 6.07) is 0. The van der Waals surface area contributed by atoms with E-state index in [1.54, 1.807) is 0 Å². The van der Waals surface area contributed by atoms with Gasteiger partial charge in [0.2, 0.25) is 0 Å². The Labute approximate surface area is 120 Å².